The molecule has 1 N–H and O–H groups in total. The molecular formula is C15H20N2S. The second kappa shape index (κ2) is 5.53. The van der Waals surface area contributed by atoms with Gasteiger partial charge in [-0.05, 0) is 51.0 Å². The minimum atomic E-state index is 0.940. The van der Waals surface area contributed by atoms with E-state index in [0.717, 1.165) is 13.0 Å². The zero-order valence-corrected chi connectivity index (χ0v) is 12.3. The van der Waals surface area contributed by atoms with Gasteiger partial charge in [0.25, 0.3) is 0 Å². The van der Waals surface area contributed by atoms with Gasteiger partial charge in [-0.15, -0.1) is 11.3 Å². The van der Waals surface area contributed by atoms with Crippen LogP contribution in [0.5, 0.6) is 0 Å². The molecule has 0 aliphatic heterocycles. The Kier molecular flexibility index (Phi) is 4.02. The lowest BCUT2D eigenvalue weighted by molar-refractivity contribution is 0.984. The first-order valence-corrected chi connectivity index (χ1v) is 7.11. The molecule has 0 radical (unpaired) electrons. The van der Waals surface area contributed by atoms with E-state index >= 15 is 0 Å². The lowest BCUT2D eigenvalue weighted by Gasteiger charge is -2.07. The molecule has 96 valence electrons. The first-order valence-electron chi connectivity index (χ1n) is 6.29. The van der Waals surface area contributed by atoms with Gasteiger partial charge >= 0.3 is 0 Å². The van der Waals surface area contributed by atoms with Gasteiger partial charge in [0.05, 0.1) is 10.7 Å². The summed E-state index contributed by atoms with van der Waals surface area (Å²) < 4.78 is 0. The van der Waals surface area contributed by atoms with Crippen molar-refractivity contribution in [2.45, 2.75) is 34.1 Å². The molecule has 0 saturated heterocycles. The third-order valence-corrected chi connectivity index (χ3v) is 4.10. The van der Waals surface area contributed by atoms with E-state index < -0.39 is 0 Å². The van der Waals surface area contributed by atoms with Crippen LogP contribution in [-0.4, -0.2) is 11.5 Å². The highest BCUT2D eigenvalue weighted by molar-refractivity contribution is 7.11. The summed E-state index contributed by atoms with van der Waals surface area (Å²) in [5.41, 5.74) is 4.98. The first-order chi connectivity index (χ1) is 8.54. The summed E-state index contributed by atoms with van der Waals surface area (Å²) in [6.07, 6.45) is 0.992. The van der Waals surface area contributed by atoms with Crippen LogP contribution in [0.1, 0.15) is 26.7 Å². The Morgan fingerprint density at radius 2 is 1.72 bits per heavy atom. The van der Waals surface area contributed by atoms with Crippen molar-refractivity contribution < 1.29 is 0 Å². The number of hydrogen-bond donors (Lipinski definition) is 1. The Bertz CT molecular complexity index is 504. The molecule has 0 spiro atoms. The number of aryl methyl sites for hydroxylation is 4. The van der Waals surface area contributed by atoms with Crippen LogP contribution in [0.4, 0.5) is 5.69 Å². The van der Waals surface area contributed by atoms with Gasteiger partial charge in [0.15, 0.2) is 0 Å². The number of nitrogens with one attached hydrogen (secondary N) is 1. The maximum Gasteiger partial charge on any atom is 0.0948 e. The monoisotopic (exact) mass is 260 g/mol. The molecule has 2 aromatic rings. The predicted molar refractivity (Wildman–Crippen MR) is 79.7 cm³/mol. The van der Waals surface area contributed by atoms with Crippen LogP contribution in [0, 0.1) is 27.7 Å². The SMILES string of the molecule is Cc1cc(C)cc(NCCc2nc(C)c(C)s2)c1. The zero-order chi connectivity index (χ0) is 13.1. The Morgan fingerprint density at radius 3 is 2.28 bits per heavy atom. The summed E-state index contributed by atoms with van der Waals surface area (Å²) in [7, 11) is 0. The van der Waals surface area contributed by atoms with E-state index in [4.69, 9.17) is 0 Å². The molecule has 2 nitrogen and oxygen atoms in total. The molecule has 0 fully saturated rings. The molecule has 0 bridgehead atoms. The van der Waals surface area contributed by atoms with E-state index in [-0.39, 0.29) is 0 Å². The Labute approximate surface area is 113 Å². The van der Waals surface area contributed by atoms with Crippen molar-refractivity contribution in [3.8, 4) is 0 Å². The number of benzene rings is 1. The molecular weight excluding hydrogens is 240 g/mol. The fourth-order valence-electron chi connectivity index (χ4n) is 2.04. The highest BCUT2D eigenvalue weighted by Crippen LogP contribution is 2.18. The number of hydrogen-bond acceptors (Lipinski definition) is 3. The average molecular weight is 260 g/mol. The van der Waals surface area contributed by atoms with E-state index in [1.165, 1.54) is 32.4 Å². The van der Waals surface area contributed by atoms with Crippen LogP contribution in [0.25, 0.3) is 0 Å². The summed E-state index contributed by atoms with van der Waals surface area (Å²) in [5.74, 6) is 0. The van der Waals surface area contributed by atoms with Gasteiger partial charge in [0.1, 0.15) is 0 Å². The average Bonchev–Trinajstić information content (AvgIpc) is 2.57. The summed E-state index contributed by atoms with van der Waals surface area (Å²) in [6.45, 7) is 9.41. The summed E-state index contributed by atoms with van der Waals surface area (Å²) in [6, 6.07) is 6.56. The summed E-state index contributed by atoms with van der Waals surface area (Å²) >= 11 is 1.80. The zero-order valence-electron chi connectivity index (χ0n) is 11.5. The second-order valence-electron chi connectivity index (χ2n) is 4.80. The van der Waals surface area contributed by atoms with Gasteiger partial charge in [0, 0.05) is 23.5 Å². The number of aromatic nitrogens is 1. The number of rotatable bonds is 4. The van der Waals surface area contributed by atoms with E-state index in [1.54, 1.807) is 11.3 Å². The molecule has 1 heterocycles. The molecule has 18 heavy (non-hydrogen) atoms. The topological polar surface area (TPSA) is 24.9 Å². The van der Waals surface area contributed by atoms with Crippen molar-refractivity contribution in [3.63, 3.8) is 0 Å². The van der Waals surface area contributed by atoms with E-state index in [2.05, 4.69) is 56.2 Å². The predicted octanol–water partition coefficient (Wildman–Crippen LogP) is 4.03. The maximum atomic E-state index is 4.56. The molecule has 3 heteroatoms. The second-order valence-corrected chi connectivity index (χ2v) is 6.09. The number of thiazole rings is 1. The van der Waals surface area contributed by atoms with Gasteiger partial charge in [-0.1, -0.05) is 6.07 Å². The molecule has 1 aromatic carbocycles. The van der Waals surface area contributed by atoms with Gasteiger partial charge in [-0.2, -0.15) is 0 Å². The van der Waals surface area contributed by atoms with E-state index in [1.807, 2.05) is 0 Å². The number of nitrogens with zero attached hydrogens (tertiary/aromatic N) is 1. The largest absolute Gasteiger partial charge is 0.385 e. The molecule has 0 amide bonds. The van der Waals surface area contributed by atoms with Crippen molar-refractivity contribution >= 4 is 17.0 Å². The third-order valence-electron chi connectivity index (χ3n) is 2.96. The lowest BCUT2D eigenvalue weighted by Crippen LogP contribution is -2.05. The summed E-state index contributed by atoms with van der Waals surface area (Å²) in [5, 5.41) is 4.69. The van der Waals surface area contributed by atoms with Crippen LogP contribution in [0.15, 0.2) is 18.2 Å². The van der Waals surface area contributed by atoms with Crippen molar-refractivity contribution in [1.82, 2.24) is 4.98 Å². The molecule has 2 rings (SSSR count). The maximum absolute atomic E-state index is 4.56. The van der Waals surface area contributed by atoms with E-state index in [0.29, 0.717) is 0 Å². The Balaban J connectivity index is 1.92. The minimum Gasteiger partial charge on any atom is -0.385 e. The Morgan fingerprint density at radius 1 is 1.06 bits per heavy atom. The fourth-order valence-corrected chi connectivity index (χ4v) is 2.97. The van der Waals surface area contributed by atoms with Gasteiger partial charge in [-0.3, -0.25) is 0 Å². The van der Waals surface area contributed by atoms with Crippen LogP contribution in [0.3, 0.4) is 0 Å². The van der Waals surface area contributed by atoms with Gasteiger partial charge in [0.2, 0.25) is 0 Å². The third kappa shape index (κ3) is 3.33. The van der Waals surface area contributed by atoms with Crippen LogP contribution >= 0.6 is 11.3 Å². The first kappa shape index (κ1) is 13.1. The molecule has 0 aliphatic carbocycles. The van der Waals surface area contributed by atoms with Gasteiger partial charge < -0.3 is 5.32 Å². The molecule has 0 saturated carbocycles. The lowest BCUT2D eigenvalue weighted by atomic mass is 10.1. The Hall–Kier alpha value is -1.35. The molecule has 0 aliphatic rings. The molecule has 0 unspecified atom stereocenters. The quantitative estimate of drug-likeness (QED) is 0.897. The molecule has 0 atom stereocenters. The minimum absolute atomic E-state index is 0.940. The van der Waals surface area contributed by atoms with Crippen molar-refractivity contribution in [2.24, 2.45) is 0 Å². The normalized spacial score (nSPS) is 10.7. The van der Waals surface area contributed by atoms with Crippen LogP contribution < -0.4 is 5.32 Å². The van der Waals surface area contributed by atoms with E-state index in [9.17, 15) is 0 Å². The van der Waals surface area contributed by atoms with Gasteiger partial charge in [-0.25, -0.2) is 4.98 Å². The molecule has 1 aromatic heterocycles. The summed E-state index contributed by atoms with van der Waals surface area (Å²) in [4.78, 5) is 5.89. The fraction of sp³-hybridized carbons (Fsp3) is 0.400. The smallest absolute Gasteiger partial charge is 0.0948 e. The standard InChI is InChI=1S/C15H20N2S/c1-10-7-11(2)9-14(8-10)16-6-5-15-17-12(3)13(4)18-15/h7-9,16H,5-6H2,1-4H3. The van der Waals surface area contributed by atoms with Crippen molar-refractivity contribution in [1.29, 1.82) is 0 Å². The van der Waals surface area contributed by atoms with Crippen molar-refractivity contribution in [3.05, 3.63) is 44.9 Å². The van der Waals surface area contributed by atoms with Crippen molar-refractivity contribution in [2.75, 3.05) is 11.9 Å². The number of anilines is 1. The van der Waals surface area contributed by atoms with Crippen LogP contribution in [-0.2, 0) is 6.42 Å². The highest BCUT2D eigenvalue weighted by atomic mass is 32.1. The van der Waals surface area contributed by atoms with Crippen LogP contribution in [0.2, 0.25) is 0 Å². The highest BCUT2D eigenvalue weighted by Gasteiger charge is 2.03.